The molecule has 168 valence electrons. The van der Waals surface area contributed by atoms with Crippen LogP contribution in [0.3, 0.4) is 0 Å². The van der Waals surface area contributed by atoms with Crippen molar-refractivity contribution in [2.24, 2.45) is 0 Å². The zero-order chi connectivity index (χ0) is 23.3. The summed E-state index contributed by atoms with van der Waals surface area (Å²) in [6.45, 7) is 5.06. The SMILES string of the molecule is Cc1cc(C)c(NC(=O)CNC(=O)COC(=O)CCn2c(=O)oc3ccccc32)c(C)c1. The molecule has 2 aromatic carbocycles. The molecule has 0 aliphatic heterocycles. The second kappa shape index (κ2) is 9.95. The monoisotopic (exact) mass is 439 g/mol. The zero-order valence-electron chi connectivity index (χ0n) is 18.2. The van der Waals surface area contributed by atoms with E-state index in [1.165, 1.54) is 4.57 Å². The molecule has 32 heavy (non-hydrogen) atoms. The maximum Gasteiger partial charge on any atom is 0.419 e. The zero-order valence-corrected chi connectivity index (χ0v) is 18.2. The Morgan fingerprint density at radius 3 is 2.44 bits per heavy atom. The van der Waals surface area contributed by atoms with Crippen LogP contribution in [0.15, 0.2) is 45.6 Å². The Hall–Kier alpha value is -3.88. The minimum atomic E-state index is -0.646. The molecule has 0 unspecified atom stereocenters. The third-order valence-corrected chi connectivity index (χ3v) is 4.87. The van der Waals surface area contributed by atoms with Crippen molar-refractivity contribution in [2.45, 2.75) is 33.7 Å². The number of carbonyl (C=O) groups is 3. The average Bonchev–Trinajstić information content (AvgIpc) is 3.06. The van der Waals surface area contributed by atoms with Crippen molar-refractivity contribution in [3.05, 3.63) is 63.6 Å². The number of amides is 2. The van der Waals surface area contributed by atoms with Crippen LogP contribution in [0.1, 0.15) is 23.1 Å². The van der Waals surface area contributed by atoms with Crippen molar-refractivity contribution in [3.63, 3.8) is 0 Å². The molecule has 0 saturated carbocycles. The molecule has 2 amide bonds. The van der Waals surface area contributed by atoms with Gasteiger partial charge in [-0.25, -0.2) is 4.79 Å². The molecule has 0 fully saturated rings. The van der Waals surface area contributed by atoms with Crippen LogP contribution in [-0.4, -0.2) is 35.5 Å². The Morgan fingerprint density at radius 1 is 1.03 bits per heavy atom. The van der Waals surface area contributed by atoms with E-state index in [2.05, 4.69) is 10.6 Å². The summed E-state index contributed by atoms with van der Waals surface area (Å²) in [5, 5.41) is 5.19. The van der Waals surface area contributed by atoms with Gasteiger partial charge in [-0.3, -0.25) is 19.0 Å². The van der Waals surface area contributed by atoms with Gasteiger partial charge in [0.1, 0.15) is 0 Å². The lowest BCUT2D eigenvalue weighted by atomic mass is 10.1. The number of benzene rings is 2. The first-order valence-electron chi connectivity index (χ1n) is 10.1. The van der Waals surface area contributed by atoms with E-state index in [1.807, 2.05) is 32.9 Å². The maximum absolute atomic E-state index is 12.1. The predicted molar refractivity (Wildman–Crippen MR) is 118 cm³/mol. The summed E-state index contributed by atoms with van der Waals surface area (Å²) in [4.78, 5) is 47.9. The van der Waals surface area contributed by atoms with Crippen LogP contribution in [0.5, 0.6) is 0 Å². The Balaban J connectivity index is 1.42. The average molecular weight is 439 g/mol. The topological polar surface area (TPSA) is 120 Å². The summed E-state index contributed by atoms with van der Waals surface area (Å²) in [5.74, 6) is -2.20. The number of para-hydroxylation sites is 2. The summed E-state index contributed by atoms with van der Waals surface area (Å²) in [6.07, 6.45) is -0.108. The Morgan fingerprint density at radius 2 is 1.72 bits per heavy atom. The quantitative estimate of drug-likeness (QED) is 0.520. The van der Waals surface area contributed by atoms with Crippen LogP contribution < -0.4 is 16.4 Å². The molecular formula is C23H25N3O6. The summed E-state index contributed by atoms with van der Waals surface area (Å²) in [6, 6.07) is 10.8. The van der Waals surface area contributed by atoms with Gasteiger partial charge in [0.15, 0.2) is 12.2 Å². The first-order chi connectivity index (χ1) is 15.2. The number of oxazole rings is 1. The lowest BCUT2D eigenvalue weighted by Crippen LogP contribution is -2.35. The van der Waals surface area contributed by atoms with E-state index in [1.54, 1.807) is 24.3 Å². The van der Waals surface area contributed by atoms with Crippen molar-refractivity contribution in [1.82, 2.24) is 9.88 Å². The van der Waals surface area contributed by atoms with E-state index in [0.29, 0.717) is 16.8 Å². The van der Waals surface area contributed by atoms with Gasteiger partial charge in [0.2, 0.25) is 5.91 Å². The van der Waals surface area contributed by atoms with Crippen molar-refractivity contribution in [2.75, 3.05) is 18.5 Å². The van der Waals surface area contributed by atoms with Crippen molar-refractivity contribution in [1.29, 1.82) is 0 Å². The van der Waals surface area contributed by atoms with E-state index in [-0.39, 0.29) is 25.4 Å². The summed E-state index contributed by atoms with van der Waals surface area (Å²) < 4.78 is 11.4. The van der Waals surface area contributed by atoms with Crippen LogP contribution in [0.2, 0.25) is 0 Å². The first kappa shape index (κ1) is 22.8. The van der Waals surface area contributed by atoms with E-state index >= 15 is 0 Å². The number of rotatable bonds is 8. The maximum atomic E-state index is 12.1. The van der Waals surface area contributed by atoms with Gasteiger partial charge >= 0.3 is 11.7 Å². The van der Waals surface area contributed by atoms with Crippen LogP contribution in [0, 0.1) is 20.8 Å². The highest BCUT2D eigenvalue weighted by Crippen LogP contribution is 2.21. The van der Waals surface area contributed by atoms with Gasteiger partial charge < -0.3 is 19.8 Å². The number of ether oxygens (including phenoxy) is 1. The van der Waals surface area contributed by atoms with Gasteiger partial charge in [0, 0.05) is 12.2 Å². The van der Waals surface area contributed by atoms with Gasteiger partial charge in [0.05, 0.1) is 18.5 Å². The predicted octanol–water partition coefficient (Wildman–Crippen LogP) is 2.21. The molecular weight excluding hydrogens is 414 g/mol. The number of fused-ring (bicyclic) bond motifs is 1. The molecule has 9 nitrogen and oxygen atoms in total. The lowest BCUT2D eigenvalue weighted by molar-refractivity contribution is -0.148. The highest BCUT2D eigenvalue weighted by molar-refractivity contribution is 5.96. The Bertz CT molecular complexity index is 1200. The number of aryl methyl sites for hydroxylation is 4. The highest BCUT2D eigenvalue weighted by atomic mass is 16.5. The molecule has 0 saturated heterocycles. The number of hydrogen-bond donors (Lipinski definition) is 2. The minimum absolute atomic E-state index is 0.0634. The van der Waals surface area contributed by atoms with Gasteiger partial charge in [0.25, 0.3) is 5.91 Å². The number of anilines is 1. The second-order valence-corrected chi connectivity index (χ2v) is 7.50. The number of nitrogens with one attached hydrogen (secondary N) is 2. The fourth-order valence-electron chi connectivity index (χ4n) is 3.44. The van der Waals surface area contributed by atoms with Crippen LogP contribution >= 0.6 is 0 Å². The van der Waals surface area contributed by atoms with Crippen LogP contribution in [0.4, 0.5) is 5.69 Å². The summed E-state index contributed by atoms with van der Waals surface area (Å²) in [7, 11) is 0. The number of esters is 1. The molecule has 9 heteroatoms. The third-order valence-electron chi connectivity index (χ3n) is 4.87. The van der Waals surface area contributed by atoms with Gasteiger partial charge in [-0.15, -0.1) is 0 Å². The molecule has 0 spiro atoms. The fraction of sp³-hybridized carbons (Fsp3) is 0.304. The summed E-state index contributed by atoms with van der Waals surface area (Å²) in [5.41, 5.74) is 4.68. The molecule has 1 heterocycles. The molecule has 0 bridgehead atoms. The molecule has 1 aromatic heterocycles. The van der Waals surface area contributed by atoms with Crippen LogP contribution in [-0.2, 0) is 25.7 Å². The highest BCUT2D eigenvalue weighted by Gasteiger charge is 2.14. The molecule has 0 radical (unpaired) electrons. The normalized spacial score (nSPS) is 10.7. The lowest BCUT2D eigenvalue weighted by Gasteiger charge is -2.13. The molecule has 0 atom stereocenters. The minimum Gasteiger partial charge on any atom is -0.456 e. The smallest absolute Gasteiger partial charge is 0.419 e. The summed E-state index contributed by atoms with van der Waals surface area (Å²) >= 11 is 0. The Labute approximate surface area is 184 Å². The van der Waals surface area contributed by atoms with Gasteiger partial charge in [-0.1, -0.05) is 29.8 Å². The van der Waals surface area contributed by atoms with Crippen molar-refractivity contribution >= 4 is 34.6 Å². The van der Waals surface area contributed by atoms with Gasteiger partial charge in [-0.05, 0) is 44.0 Å². The van der Waals surface area contributed by atoms with E-state index in [0.717, 1.165) is 16.7 Å². The largest absolute Gasteiger partial charge is 0.456 e. The number of aromatic nitrogens is 1. The molecule has 3 rings (SSSR count). The van der Waals surface area contributed by atoms with E-state index in [4.69, 9.17) is 9.15 Å². The molecule has 3 aromatic rings. The van der Waals surface area contributed by atoms with E-state index < -0.39 is 24.2 Å². The van der Waals surface area contributed by atoms with Crippen molar-refractivity contribution < 1.29 is 23.5 Å². The fourth-order valence-corrected chi connectivity index (χ4v) is 3.44. The third kappa shape index (κ3) is 5.63. The Kier molecular flexibility index (Phi) is 7.09. The van der Waals surface area contributed by atoms with Crippen molar-refractivity contribution in [3.8, 4) is 0 Å². The van der Waals surface area contributed by atoms with Crippen LogP contribution in [0.25, 0.3) is 11.1 Å². The number of carbonyl (C=O) groups excluding carboxylic acids is 3. The first-order valence-corrected chi connectivity index (χ1v) is 10.1. The van der Waals surface area contributed by atoms with E-state index in [9.17, 15) is 19.2 Å². The number of nitrogens with zero attached hydrogens (tertiary/aromatic N) is 1. The van der Waals surface area contributed by atoms with Gasteiger partial charge in [-0.2, -0.15) is 0 Å². The molecule has 2 N–H and O–H groups in total. The molecule has 0 aliphatic carbocycles. The second-order valence-electron chi connectivity index (χ2n) is 7.50. The standard InChI is InChI=1S/C23H25N3O6/c1-14-10-15(2)22(16(3)11-14)25-19(27)12-24-20(28)13-31-21(29)8-9-26-17-6-4-5-7-18(17)32-23(26)30/h4-7,10-11H,8-9,12-13H2,1-3H3,(H,24,28)(H,25,27). The molecule has 0 aliphatic rings. The number of hydrogen-bond acceptors (Lipinski definition) is 6.